The number of carbonyl (C=O) groups excluding carboxylic acids is 1. The fourth-order valence-electron chi connectivity index (χ4n) is 6.36. The second-order valence-electron chi connectivity index (χ2n) is 11.0. The van der Waals surface area contributed by atoms with Crippen molar-refractivity contribution in [2.24, 2.45) is 11.8 Å². The number of hydrogen-bond acceptors (Lipinski definition) is 5. The maximum absolute atomic E-state index is 13.7. The Morgan fingerprint density at radius 2 is 1.76 bits per heavy atom. The number of hydrogen-bond donors (Lipinski definition) is 2. The minimum atomic E-state index is -0.0817. The molecule has 0 spiro atoms. The van der Waals surface area contributed by atoms with E-state index in [-0.39, 0.29) is 51.9 Å². The van der Waals surface area contributed by atoms with Crippen LogP contribution in [0.25, 0.3) is 10.9 Å². The summed E-state index contributed by atoms with van der Waals surface area (Å²) in [6, 6.07) is 11.8. The molecule has 1 aromatic heterocycles. The summed E-state index contributed by atoms with van der Waals surface area (Å²) in [6.07, 6.45) is 8.89. The van der Waals surface area contributed by atoms with Crippen LogP contribution in [0, 0.1) is 11.8 Å². The summed E-state index contributed by atoms with van der Waals surface area (Å²) < 4.78 is 0. The van der Waals surface area contributed by atoms with Gasteiger partial charge in [-0.05, 0) is 75.9 Å². The molecule has 3 atom stereocenters. The van der Waals surface area contributed by atoms with Crippen molar-refractivity contribution >= 4 is 58.0 Å². The Bertz CT molecular complexity index is 1270. The molecule has 5 nitrogen and oxygen atoms in total. The van der Waals surface area contributed by atoms with Gasteiger partial charge < -0.3 is 15.3 Å². The average molecular weight is 577 g/mol. The normalized spacial score (nSPS) is 22.0. The highest BCUT2D eigenvalue weighted by molar-refractivity contribution is 6.37. The van der Waals surface area contributed by atoms with E-state index in [0.29, 0.717) is 11.5 Å². The topological polar surface area (TPSA) is 65.5 Å². The molecular formula is C30H36Cl3N3O2. The molecule has 2 fully saturated rings. The second-order valence-corrected chi connectivity index (χ2v) is 11.9. The quantitative estimate of drug-likeness (QED) is 0.279. The Balaban J connectivity index is 0.00000336. The first-order valence-corrected chi connectivity index (χ1v) is 14.1. The fourth-order valence-corrected chi connectivity index (χ4v) is 6.86. The van der Waals surface area contributed by atoms with Crippen molar-refractivity contribution in [3.8, 4) is 5.75 Å². The summed E-state index contributed by atoms with van der Waals surface area (Å²) in [4.78, 5) is 20.5. The van der Waals surface area contributed by atoms with Crippen molar-refractivity contribution in [2.45, 2.75) is 56.9 Å². The maximum Gasteiger partial charge on any atom is 0.169 e. The first-order valence-electron chi connectivity index (χ1n) is 13.3. The molecule has 38 heavy (non-hydrogen) atoms. The summed E-state index contributed by atoms with van der Waals surface area (Å²) >= 11 is 12.7. The van der Waals surface area contributed by atoms with Crippen LogP contribution in [0.15, 0.2) is 42.6 Å². The lowest BCUT2D eigenvalue weighted by Crippen LogP contribution is -2.37. The molecule has 3 aromatic rings. The van der Waals surface area contributed by atoms with Crippen LogP contribution in [0.4, 0.5) is 5.69 Å². The van der Waals surface area contributed by atoms with Crippen molar-refractivity contribution in [1.82, 2.24) is 9.88 Å². The molecule has 0 saturated heterocycles. The zero-order chi connectivity index (χ0) is 26.1. The van der Waals surface area contributed by atoms with Crippen LogP contribution in [0.1, 0.15) is 66.8 Å². The van der Waals surface area contributed by atoms with E-state index in [1.165, 1.54) is 0 Å². The third kappa shape index (κ3) is 6.07. The maximum atomic E-state index is 13.7. The van der Waals surface area contributed by atoms with Crippen LogP contribution in [0.5, 0.6) is 5.75 Å². The lowest BCUT2D eigenvalue weighted by Gasteiger charge is -2.39. The Hall–Kier alpha value is -2.05. The number of Topliss-reactive ketones (excluding diaryl/α,β-unsaturated/α-hetero) is 1. The number of carbonyl (C=O) groups is 1. The van der Waals surface area contributed by atoms with Crippen LogP contribution < -0.4 is 5.32 Å². The largest absolute Gasteiger partial charge is 0.505 e. The van der Waals surface area contributed by atoms with Crippen molar-refractivity contribution in [1.29, 1.82) is 0 Å². The number of para-hydroxylation sites is 1. The van der Waals surface area contributed by atoms with E-state index in [4.69, 9.17) is 23.2 Å². The van der Waals surface area contributed by atoms with Gasteiger partial charge in [0.15, 0.2) is 11.5 Å². The standard InChI is InChI=1S/C30H35Cl2N3O2.ClH/c1-35(2)17-18-11-12-27(22(13-18)20-14-24(31)30(37)25(32)15-20)34-28-21-9-5-6-10-26(21)33-16-23(28)29(36)19-7-3-4-8-19;/h5-6,9-10,14-16,18-19,22,27,37H,3-4,7-8,11-13,17H2,1-2H3,(H,33,34);1H/t18-,22?,27-;/m1./s1. The Kier molecular flexibility index (Phi) is 9.46. The van der Waals surface area contributed by atoms with E-state index in [1.807, 2.05) is 30.3 Å². The third-order valence-corrected chi connectivity index (χ3v) is 8.72. The number of aromatic hydroxyl groups is 1. The highest BCUT2D eigenvalue weighted by atomic mass is 35.5. The summed E-state index contributed by atoms with van der Waals surface area (Å²) in [5.74, 6) is 0.840. The fraction of sp³-hybridized carbons (Fsp3) is 0.467. The van der Waals surface area contributed by atoms with Crippen LogP contribution in [-0.4, -0.2) is 47.5 Å². The first-order chi connectivity index (χ1) is 17.8. The Morgan fingerprint density at radius 1 is 1.08 bits per heavy atom. The monoisotopic (exact) mass is 575 g/mol. The highest BCUT2D eigenvalue weighted by Gasteiger charge is 2.34. The lowest BCUT2D eigenvalue weighted by molar-refractivity contribution is 0.0923. The molecule has 0 radical (unpaired) electrons. The lowest BCUT2D eigenvalue weighted by atomic mass is 9.74. The number of fused-ring (bicyclic) bond motifs is 1. The van der Waals surface area contributed by atoms with Gasteiger partial charge in [0.05, 0.1) is 26.8 Å². The minimum Gasteiger partial charge on any atom is -0.505 e. The molecule has 2 aliphatic rings. The van der Waals surface area contributed by atoms with Gasteiger partial charge in [-0.3, -0.25) is 9.78 Å². The molecular weight excluding hydrogens is 541 g/mol. The van der Waals surface area contributed by atoms with E-state index < -0.39 is 0 Å². The zero-order valence-electron chi connectivity index (χ0n) is 21.9. The van der Waals surface area contributed by atoms with Gasteiger partial charge in [0.25, 0.3) is 0 Å². The number of benzene rings is 2. The molecule has 204 valence electrons. The molecule has 5 rings (SSSR count). The second kappa shape index (κ2) is 12.4. The summed E-state index contributed by atoms with van der Waals surface area (Å²) in [5.41, 5.74) is 3.47. The van der Waals surface area contributed by atoms with Gasteiger partial charge in [-0.2, -0.15) is 0 Å². The van der Waals surface area contributed by atoms with Gasteiger partial charge in [0, 0.05) is 36.0 Å². The van der Waals surface area contributed by atoms with E-state index in [1.54, 1.807) is 6.20 Å². The number of aromatic nitrogens is 1. The van der Waals surface area contributed by atoms with Crippen LogP contribution >= 0.6 is 35.6 Å². The molecule has 2 aliphatic carbocycles. The highest BCUT2D eigenvalue weighted by Crippen LogP contribution is 2.44. The van der Waals surface area contributed by atoms with Gasteiger partial charge in [0.2, 0.25) is 0 Å². The summed E-state index contributed by atoms with van der Waals surface area (Å²) in [7, 11) is 4.22. The molecule has 1 unspecified atom stereocenters. The Morgan fingerprint density at radius 3 is 2.45 bits per heavy atom. The molecule has 2 saturated carbocycles. The number of ketones is 1. The first kappa shape index (κ1) is 28.9. The van der Waals surface area contributed by atoms with Gasteiger partial charge in [-0.1, -0.05) is 54.2 Å². The Labute approximate surface area is 241 Å². The molecule has 0 bridgehead atoms. The molecule has 8 heteroatoms. The van der Waals surface area contributed by atoms with Crippen LogP contribution in [-0.2, 0) is 0 Å². The van der Waals surface area contributed by atoms with Gasteiger partial charge in [-0.25, -0.2) is 0 Å². The van der Waals surface area contributed by atoms with Gasteiger partial charge in [0.1, 0.15) is 0 Å². The number of phenolic OH excluding ortho intramolecular Hbond substituents is 1. The predicted molar refractivity (Wildman–Crippen MR) is 159 cm³/mol. The van der Waals surface area contributed by atoms with Crippen molar-refractivity contribution < 1.29 is 9.90 Å². The predicted octanol–water partition coefficient (Wildman–Crippen LogP) is 7.97. The molecule has 0 amide bonds. The van der Waals surface area contributed by atoms with Gasteiger partial charge >= 0.3 is 0 Å². The number of anilines is 1. The van der Waals surface area contributed by atoms with Crippen LogP contribution in [0.2, 0.25) is 10.0 Å². The number of rotatable bonds is 7. The number of phenols is 1. The number of nitrogens with one attached hydrogen (secondary N) is 1. The van der Waals surface area contributed by atoms with E-state index >= 15 is 0 Å². The van der Waals surface area contributed by atoms with Gasteiger partial charge in [-0.15, -0.1) is 12.4 Å². The van der Waals surface area contributed by atoms with E-state index in [0.717, 1.165) is 73.6 Å². The van der Waals surface area contributed by atoms with Crippen molar-refractivity contribution in [3.05, 3.63) is 63.8 Å². The summed E-state index contributed by atoms with van der Waals surface area (Å²) in [6.45, 7) is 1.01. The summed E-state index contributed by atoms with van der Waals surface area (Å²) in [5, 5.41) is 15.5. The molecule has 2 N–H and O–H groups in total. The third-order valence-electron chi connectivity index (χ3n) is 8.15. The molecule has 0 aliphatic heterocycles. The zero-order valence-corrected chi connectivity index (χ0v) is 24.3. The SMILES string of the molecule is CN(C)C[C@@H]1CC[C@@H](Nc2c(C(=O)C3CCCC3)cnc3ccccc23)C(c2cc(Cl)c(O)c(Cl)c2)C1.Cl. The molecule has 1 heterocycles. The van der Waals surface area contributed by atoms with Crippen molar-refractivity contribution in [2.75, 3.05) is 26.0 Å². The van der Waals surface area contributed by atoms with Crippen molar-refractivity contribution in [3.63, 3.8) is 0 Å². The van der Waals surface area contributed by atoms with E-state index in [2.05, 4.69) is 35.4 Å². The number of nitrogens with zero attached hydrogens (tertiary/aromatic N) is 2. The number of pyridine rings is 1. The van der Waals surface area contributed by atoms with Crippen LogP contribution in [0.3, 0.4) is 0 Å². The minimum absolute atomic E-state index is 0. The average Bonchev–Trinajstić information content (AvgIpc) is 3.42. The smallest absolute Gasteiger partial charge is 0.169 e. The van der Waals surface area contributed by atoms with E-state index in [9.17, 15) is 9.90 Å². The number of halogens is 3. The molecule has 2 aromatic carbocycles.